The summed E-state index contributed by atoms with van der Waals surface area (Å²) in [5.41, 5.74) is 2.33. The van der Waals surface area contributed by atoms with Crippen molar-refractivity contribution in [3.05, 3.63) is 48.5 Å². The number of hydrogen-bond acceptors (Lipinski definition) is 9. The van der Waals surface area contributed by atoms with E-state index in [1.54, 1.807) is 0 Å². The first-order valence-corrected chi connectivity index (χ1v) is 13.0. The van der Waals surface area contributed by atoms with E-state index in [4.69, 9.17) is 22.6 Å². The highest BCUT2D eigenvalue weighted by Gasteiger charge is 2.33. The first kappa shape index (κ1) is 22.0. The molecule has 4 aliphatic heterocycles. The Labute approximate surface area is 203 Å². The number of epoxide rings is 4. The van der Waals surface area contributed by atoms with E-state index in [1.165, 1.54) is 35.5 Å². The van der Waals surface area contributed by atoms with Gasteiger partial charge in [-0.15, -0.1) is 0 Å². The second-order valence-corrected chi connectivity index (χ2v) is 10.6. The van der Waals surface area contributed by atoms with Crippen molar-refractivity contribution in [3.8, 4) is 0 Å². The summed E-state index contributed by atoms with van der Waals surface area (Å²) in [5.74, 6) is 0. The largest absolute Gasteiger partial charge is 0.371 e. The summed E-state index contributed by atoms with van der Waals surface area (Å²) in [5, 5.41) is 0. The standard InChI is InChI=1S/C24H28N2O5S2/c1-3-7-23(21(5-1)25(9-17-13-27-17)10-18-14-28-18)32-31-33-24-8-4-2-6-22(24)26(11-19-15-29-19)12-20-16-30-20/h1-8,17-20H,9-16H2. The number of hydrogen-bond donors (Lipinski definition) is 0. The van der Waals surface area contributed by atoms with E-state index in [2.05, 4.69) is 58.3 Å². The average Bonchev–Trinajstić information content (AvgIpc) is 3.66. The van der Waals surface area contributed by atoms with Gasteiger partial charge in [0.05, 0.1) is 72.0 Å². The molecule has 0 bridgehead atoms. The fourth-order valence-corrected chi connectivity index (χ4v) is 5.44. The van der Waals surface area contributed by atoms with Crippen LogP contribution in [0.2, 0.25) is 0 Å². The topological polar surface area (TPSA) is 65.8 Å². The van der Waals surface area contributed by atoms with Crippen molar-refractivity contribution in [3.63, 3.8) is 0 Å². The van der Waals surface area contributed by atoms with Crippen molar-refractivity contribution in [2.24, 2.45) is 0 Å². The van der Waals surface area contributed by atoms with Crippen LogP contribution in [0.4, 0.5) is 11.4 Å². The van der Waals surface area contributed by atoms with Gasteiger partial charge in [-0.25, -0.2) is 3.63 Å². The summed E-state index contributed by atoms with van der Waals surface area (Å²) in [4.78, 5) is 6.93. The zero-order valence-electron chi connectivity index (χ0n) is 18.3. The summed E-state index contributed by atoms with van der Waals surface area (Å²) >= 11 is 2.82. The van der Waals surface area contributed by atoms with Crippen molar-refractivity contribution in [2.75, 3.05) is 62.4 Å². The van der Waals surface area contributed by atoms with Crippen LogP contribution >= 0.6 is 24.1 Å². The average molecular weight is 489 g/mol. The molecule has 7 nitrogen and oxygen atoms in total. The lowest BCUT2D eigenvalue weighted by molar-refractivity contribution is 0.388. The molecule has 0 aliphatic carbocycles. The van der Waals surface area contributed by atoms with Gasteiger partial charge in [0, 0.05) is 50.3 Å². The molecular weight excluding hydrogens is 460 g/mol. The van der Waals surface area contributed by atoms with Crippen LogP contribution in [0.3, 0.4) is 0 Å². The zero-order chi connectivity index (χ0) is 22.0. The summed E-state index contributed by atoms with van der Waals surface area (Å²) < 4.78 is 28.1. The van der Waals surface area contributed by atoms with Gasteiger partial charge in [0.15, 0.2) is 0 Å². The molecule has 0 aromatic heterocycles. The third kappa shape index (κ3) is 6.36. The van der Waals surface area contributed by atoms with Gasteiger partial charge >= 0.3 is 0 Å². The molecule has 33 heavy (non-hydrogen) atoms. The van der Waals surface area contributed by atoms with Gasteiger partial charge in [-0.05, 0) is 24.3 Å². The van der Waals surface area contributed by atoms with Crippen molar-refractivity contribution in [2.45, 2.75) is 34.2 Å². The van der Waals surface area contributed by atoms with Gasteiger partial charge in [-0.3, -0.25) is 0 Å². The number of para-hydroxylation sites is 2. The second kappa shape index (κ2) is 10.0. The Hall–Kier alpha value is -1.46. The molecular formula is C24H28N2O5S2. The molecule has 0 amide bonds. The molecule has 176 valence electrons. The molecule has 0 N–H and O–H groups in total. The predicted molar refractivity (Wildman–Crippen MR) is 129 cm³/mol. The molecule has 4 unspecified atom stereocenters. The van der Waals surface area contributed by atoms with E-state index < -0.39 is 0 Å². The van der Waals surface area contributed by atoms with Crippen LogP contribution in [0.5, 0.6) is 0 Å². The number of nitrogens with zero attached hydrogens (tertiary/aromatic N) is 2. The normalized spacial score (nSPS) is 26.7. The minimum atomic E-state index is 0.320. The van der Waals surface area contributed by atoms with Gasteiger partial charge in [0.2, 0.25) is 0 Å². The van der Waals surface area contributed by atoms with Crippen LogP contribution in [0.15, 0.2) is 58.3 Å². The molecule has 2 aromatic rings. The van der Waals surface area contributed by atoms with E-state index in [1.807, 2.05) is 0 Å². The Balaban J connectivity index is 1.13. The maximum atomic E-state index is 6.12. The molecule has 0 saturated carbocycles. The fraction of sp³-hybridized carbons (Fsp3) is 0.500. The Kier molecular flexibility index (Phi) is 6.70. The van der Waals surface area contributed by atoms with Gasteiger partial charge in [-0.2, -0.15) is 0 Å². The Morgan fingerprint density at radius 2 is 0.939 bits per heavy atom. The molecule has 6 rings (SSSR count). The van der Waals surface area contributed by atoms with Crippen molar-refractivity contribution < 1.29 is 22.6 Å². The summed E-state index contributed by atoms with van der Waals surface area (Å²) in [6.45, 7) is 6.90. The van der Waals surface area contributed by atoms with Gasteiger partial charge in [0.25, 0.3) is 0 Å². The molecule has 0 radical (unpaired) electrons. The maximum absolute atomic E-state index is 6.12. The highest BCUT2D eigenvalue weighted by molar-refractivity contribution is 8.08. The molecule has 4 atom stereocenters. The van der Waals surface area contributed by atoms with Crippen LogP contribution in [0, 0.1) is 0 Å². The smallest absolute Gasteiger partial charge is 0.0984 e. The highest BCUT2D eigenvalue weighted by atomic mass is 32.2. The number of anilines is 2. The van der Waals surface area contributed by atoms with E-state index in [0.29, 0.717) is 24.4 Å². The van der Waals surface area contributed by atoms with E-state index in [-0.39, 0.29) is 0 Å². The number of ether oxygens (including phenoxy) is 4. The van der Waals surface area contributed by atoms with Crippen molar-refractivity contribution in [1.29, 1.82) is 0 Å². The quantitative estimate of drug-likeness (QED) is 0.293. The van der Waals surface area contributed by atoms with Crippen molar-refractivity contribution in [1.82, 2.24) is 0 Å². The minimum absolute atomic E-state index is 0.320. The maximum Gasteiger partial charge on any atom is 0.0984 e. The van der Waals surface area contributed by atoms with Crippen molar-refractivity contribution >= 4 is 35.5 Å². The number of rotatable bonds is 14. The Bertz CT molecular complexity index is 846. The monoisotopic (exact) mass is 488 g/mol. The molecule has 4 fully saturated rings. The first-order valence-electron chi connectivity index (χ1n) is 11.5. The van der Waals surface area contributed by atoms with E-state index >= 15 is 0 Å². The van der Waals surface area contributed by atoms with Crippen LogP contribution < -0.4 is 9.80 Å². The summed E-state index contributed by atoms with van der Waals surface area (Å²) in [6.07, 6.45) is 1.28. The van der Waals surface area contributed by atoms with Crippen LogP contribution in [0.25, 0.3) is 0 Å². The molecule has 4 heterocycles. The third-order valence-corrected chi connectivity index (χ3v) is 7.56. The van der Waals surface area contributed by atoms with Crippen LogP contribution in [0.1, 0.15) is 0 Å². The third-order valence-electron chi connectivity index (χ3n) is 5.97. The molecule has 4 saturated heterocycles. The van der Waals surface area contributed by atoms with Gasteiger partial charge in [0.1, 0.15) is 0 Å². The van der Waals surface area contributed by atoms with Crippen LogP contribution in [-0.4, -0.2) is 77.0 Å². The van der Waals surface area contributed by atoms with Gasteiger partial charge in [-0.1, -0.05) is 24.3 Å². The molecule has 2 aromatic carbocycles. The van der Waals surface area contributed by atoms with Gasteiger partial charge < -0.3 is 28.7 Å². The lowest BCUT2D eigenvalue weighted by Gasteiger charge is -2.26. The van der Waals surface area contributed by atoms with E-state index in [9.17, 15) is 0 Å². The van der Waals surface area contributed by atoms with E-state index in [0.717, 1.165) is 62.4 Å². The predicted octanol–water partition coefficient (Wildman–Crippen LogP) is 3.63. The highest BCUT2D eigenvalue weighted by Crippen LogP contribution is 2.40. The lowest BCUT2D eigenvalue weighted by Crippen LogP contribution is -2.32. The zero-order valence-corrected chi connectivity index (χ0v) is 20.0. The summed E-state index contributed by atoms with van der Waals surface area (Å²) in [7, 11) is 0. The molecule has 4 aliphatic rings. The SMILES string of the molecule is c1ccc(N(CC2CO2)CC2CO2)c(SOSc2ccccc2N(CC2CO2)CC2CO2)c1. The summed E-state index contributed by atoms with van der Waals surface area (Å²) in [6, 6.07) is 16.8. The molecule has 0 spiro atoms. The fourth-order valence-electron chi connectivity index (χ4n) is 3.89. The second-order valence-electron chi connectivity index (χ2n) is 8.80. The Morgan fingerprint density at radius 3 is 1.27 bits per heavy atom. The van der Waals surface area contributed by atoms with Crippen LogP contribution in [-0.2, 0) is 22.6 Å². The minimum Gasteiger partial charge on any atom is -0.371 e. The first-order chi connectivity index (χ1) is 16.3. The molecule has 9 heteroatoms. The lowest BCUT2D eigenvalue weighted by atomic mass is 10.2. The Morgan fingerprint density at radius 1 is 0.606 bits per heavy atom. The number of benzene rings is 2.